The Labute approximate surface area is 195 Å². The van der Waals surface area contributed by atoms with Crippen molar-refractivity contribution < 1.29 is 0 Å². The molecule has 7 heteroatoms. The van der Waals surface area contributed by atoms with E-state index in [2.05, 4.69) is 73.1 Å². The van der Waals surface area contributed by atoms with Crippen LogP contribution in [0.25, 0.3) is 11.3 Å². The van der Waals surface area contributed by atoms with Gasteiger partial charge in [-0.3, -0.25) is 0 Å². The molecule has 2 heterocycles. The molecule has 2 aromatic carbocycles. The lowest BCUT2D eigenvalue weighted by atomic mass is 10.1. The predicted molar refractivity (Wildman–Crippen MR) is 133 cm³/mol. The van der Waals surface area contributed by atoms with Crippen molar-refractivity contribution in [3.8, 4) is 11.3 Å². The van der Waals surface area contributed by atoms with Gasteiger partial charge < -0.3 is 19.8 Å². The summed E-state index contributed by atoms with van der Waals surface area (Å²) in [5.74, 6) is 2.77. The van der Waals surface area contributed by atoms with E-state index in [1.165, 1.54) is 11.1 Å². The second-order valence-corrected chi connectivity index (χ2v) is 8.06. The van der Waals surface area contributed by atoms with Crippen molar-refractivity contribution in [3.63, 3.8) is 0 Å². The third kappa shape index (κ3) is 5.88. The second kappa shape index (κ2) is 10.6. The number of hydrogen-bond acceptors (Lipinski definition) is 3. The average Bonchev–Trinajstić information content (AvgIpc) is 3.46. The van der Waals surface area contributed by atoms with Crippen LogP contribution in [0.2, 0.25) is 0 Å². The maximum atomic E-state index is 4.87. The number of nitrogens with one attached hydrogen (secondary N) is 2. The van der Waals surface area contributed by atoms with E-state index in [9.17, 15) is 0 Å². The van der Waals surface area contributed by atoms with Gasteiger partial charge in [0.05, 0.1) is 25.0 Å². The Morgan fingerprint density at radius 3 is 2.67 bits per heavy atom. The third-order valence-electron chi connectivity index (χ3n) is 5.48. The average molecular weight is 442 g/mol. The first kappa shape index (κ1) is 22.3. The first-order valence-corrected chi connectivity index (χ1v) is 11.3. The number of benzene rings is 2. The number of H-pyrrole nitrogens is 1. The molecule has 0 spiro atoms. The summed E-state index contributed by atoms with van der Waals surface area (Å²) < 4.78 is 2.15. The number of imidazole rings is 2. The zero-order valence-corrected chi connectivity index (χ0v) is 19.5. The van der Waals surface area contributed by atoms with Crippen LogP contribution in [0.4, 0.5) is 0 Å². The number of aromatic nitrogens is 4. The van der Waals surface area contributed by atoms with Crippen LogP contribution in [0.15, 0.2) is 78.2 Å². The van der Waals surface area contributed by atoms with E-state index in [1.54, 1.807) is 0 Å². The SMILES string of the molecule is CCNC(=NCc1cccc(Cn2ccnc2C)c1)N(C)Cc1ncc(-c2ccccc2)[nH]1. The van der Waals surface area contributed by atoms with Gasteiger partial charge in [0.2, 0.25) is 0 Å². The fourth-order valence-electron chi connectivity index (χ4n) is 3.74. The van der Waals surface area contributed by atoms with Crippen molar-refractivity contribution in [1.29, 1.82) is 0 Å². The van der Waals surface area contributed by atoms with Crippen molar-refractivity contribution >= 4 is 5.96 Å². The van der Waals surface area contributed by atoms with Crippen molar-refractivity contribution in [2.24, 2.45) is 4.99 Å². The largest absolute Gasteiger partial charge is 0.357 e. The molecule has 0 radical (unpaired) electrons. The minimum atomic E-state index is 0.608. The predicted octanol–water partition coefficient (Wildman–Crippen LogP) is 4.23. The monoisotopic (exact) mass is 441 g/mol. The summed E-state index contributed by atoms with van der Waals surface area (Å²) in [6.07, 6.45) is 5.73. The number of guanidine groups is 1. The Kier molecular flexibility index (Phi) is 7.19. The highest BCUT2D eigenvalue weighted by Gasteiger charge is 2.10. The Morgan fingerprint density at radius 1 is 1.09 bits per heavy atom. The van der Waals surface area contributed by atoms with Crippen LogP contribution in [-0.4, -0.2) is 44.0 Å². The molecule has 4 rings (SSSR count). The van der Waals surface area contributed by atoms with Crippen molar-refractivity contribution in [2.45, 2.75) is 33.5 Å². The molecule has 0 aliphatic rings. The molecule has 2 N–H and O–H groups in total. The molecular formula is C26H31N7. The van der Waals surface area contributed by atoms with Gasteiger partial charge in [0, 0.05) is 32.5 Å². The Bertz CT molecular complexity index is 1190. The second-order valence-electron chi connectivity index (χ2n) is 8.06. The van der Waals surface area contributed by atoms with Gasteiger partial charge in [-0.25, -0.2) is 15.0 Å². The normalized spacial score (nSPS) is 11.5. The zero-order valence-electron chi connectivity index (χ0n) is 19.5. The molecule has 0 saturated carbocycles. The molecule has 0 fully saturated rings. The van der Waals surface area contributed by atoms with Gasteiger partial charge in [-0.1, -0.05) is 54.6 Å². The highest BCUT2D eigenvalue weighted by Crippen LogP contribution is 2.16. The van der Waals surface area contributed by atoms with Crippen LogP contribution in [0.1, 0.15) is 29.7 Å². The summed E-state index contributed by atoms with van der Waals surface area (Å²) in [7, 11) is 2.03. The van der Waals surface area contributed by atoms with E-state index >= 15 is 0 Å². The number of hydrogen-bond donors (Lipinski definition) is 2. The topological polar surface area (TPSA) is 74.1 Å². The molecule has 170 valence electrons. The summed E-state index contributed by atoms with van der Waals surface area (Å²) in [5.41, 5.74) is 4.57. The van der Waals surface area contributed by atoms with Crippen molar-refractivity contribution in [1.82, 2.24) is 29.7 Å². The summed E-state index contributed by atoms with van der Waals surface area (Å²) in [6.45, 7) is 6.96. The van der Waals surface area contributed by atoms with Crippen LogP contribution < -0.4 is 5.32 Å². The summed E-state index contributed by atoms with van der Waals surface area (Å²) >= 11 is 0. The van der Waals surface area contributed by atoms with Crippen LogP contribution in [-0.2, 0) is 19.6 Å². The fraction of sp³-hybridized carbons (Fsp3) is 0.269. The molecule has 0 unspecified atom stereocenters. The molecule has 0 aliphatic carbocycles. The molecule has 0 amide bonds. The molecular weight excluding hydrogens is 410 g/mol. The number of aromatic amines is 1. The van der Waals surface area contributed by atoms with Gasteiger partial charge in [0.1, 0.15) is 11.6 Å². The van der Waals surface area contributed by atoms with Gasteiger partial charge in [0.15, 0.2) is 5.96 Å². The van der Waals surface area contributed by atoms with Crippen LogP contribution in [0.5, 0.6) is 0 Å². The number of aryl methyl sites for hydroxylation is 1. The zero-order chi connectivity index (χ0) is 23.0. The van der Waals surface area contributed by atoms with Gasteiger partial charge in [-0.05, 0) is 30.5 Å². The summed E-state index contributed by atoms with van der Waals surface area (Å²) in [5, 5.41) is 3.39. The summed E-state index contributed by atoms with van der Waals surface area (Å²) in [4.78, 5) is 19.3. The van der Waals surface area contributed by atoms with Crippen LogP contribution in [0.3, 0.4) is 0 Å². The Balaban J connectivity index is 1.42. The first-order chi connectivity index (χ1) is 16.1. The van der Waals surface area contributed by atoms with Gasteiger partial charge in [-0.15, -0.1) is 0 Å². The van der Waals surface area contributed by atoms with Crippen molar-refractivity contribution in [3.05, 3.63) is 96.0 Å². The highest BCUT2D eigenvalue weighted by atomic mass is 15.3. The molecule has 7 nitrogen and oxygen atoms in total. The number of rotatable bonds is 8. The summed E-state index contributed by atoms with van der Waals surface area (Å²) in [6, 6.07) is 18.8. The molecule has 0 atom stereocenters. The van der Waals surface area contributed by atoms with E-state index in [0.29, 0.717) is 13.1 Å². The van der Waals surface area contributed by atoms with Gasteiger partial charge in [-0.2, -0.15) is 0 Å². The molecule has 2 aromatic heterocycles. The van der Waals surface area contributed by atoms with E-state index in [0.717, 1.165) is 42.0 Å². The quantitative estimate of drug-likeness (QED) is 0.317. The standard InChI is InChI=1S/C26H31N7/c1-4-27-26(32(3)19-25-29-17-24(31-25)23-11-6-5-7-12-23)30-16-21-9-8-10-22(15-21)18-33-14-13-28-20(33)2/h5-15,17H,4,16,18-19H2,1-3H3,(H,27,30)(H,29,31). The minimum Gasteiger partial charge on any atom is -0.357 e. The molecule has 0 aliphatic heterocycles. The van der Waals surface area contributed by atoms with E-state index in [-0.39, 0.29) is 0 Å². The van der Waals surface area contributed by atoms with Crippen LogP contribution in [0, 0.1) is 6.92 Å². The lowest BCUT2D eigenvalue weighted by molar-refractivity contribution is 0.464. The molecule has 33 heavy (non-hydrogen) atoms. The van der Waals surface area contributed by atoms with Gasteiger partial charge >= 0.3 is 0 Å². The first-order valence-electron chi connectivity index (χ1n) is 11.3. The molecule has 0 saturated heterocycles. The van der Waals surface area contributed by atoms with E-state index in [1.807, 2.05) is 50.8 Å². The maximum Gasteiger partial charge on any atom is 0.194 e. The van der Waals surface area contributed by atoms with Gasteiger partial charge in [0.25, 0.3) is 0 Å². The van der Waals surface area contributed by atoms with E-state index < -0.39 is 0 Å². The maximum absolute atomic E-state index is 4.87. The highest BCUT2D eigenvalue weighted by molar-refractivity contribution is 5.79. The Morgan fingerprint density at radius 2 is 1.91 bits per heavy atom. The van der Waals surface area contributed by atoms with Crippen LogP contribution >= 0.6 is 0 Å². The molecule has 4 aromatic rings. The lowest BCUT2D eigenvalue weighted by Crippen LogP contribution is -2.38. The molecule has 0 bridgehead atoms. The third-order valence-corrected chi connectivity index (χ3v) is 5.48. The fourth-order valence-corrected chi connectivity index (χ4v) is 3.74. The minimum absolute atomic E-state index is 0.608. The van der Waals surface area contributed by atoms with E-state index in [4.69, 9.17) is 4.99 Å². The smallest absolute Gasteiger partial charge is 0.194 e. The lowest BCUT2D eigenvalue weighted by Gasteiger charge is -2.21. The number of aliphatic imine (C=N–C) groups is 1. The Hall–Kier alpha value is -3.87. The van der Waals surface area contributed by atoms with Crippen molar-refractivity contribution in [2.75, 3.05) is 13.6 Å². The number of nitrogens with zero attached hydrogens (tertiary/aromatic N) is 5.